The van der Waals surface area contributed by atoms with Crippen LogP contribution in [0.1, 0.15) is 0 Å². The molecule has 1 aliphatic heterocycles. The smallest absolute Gasteiger partial charge is 0.246 e. The molecule has 0 fully saturated rings. The molecule has 0 atom stereocenters. The molecule has 33 heavy (non-hydrogen) atoms. The topological polar surface area (TPSA) is 16.1 Å². The average Bonchev–Trinajstić information content (AvgIpc) is 2.88. The van der Waals surface area contributed by atoms with Crippen molar-refractivity contribution < 1.29 is 0 Å². The van der Waals surface area contributed by atoms with Crippen LogP contribution in [0.5, 0.6) is 0 Å². The highest BCUT2D eigenvalue weighted by atomic mass is 79.9. The largest absolute Gasteiger partial charge is 0.312 e. The summed E-state index contributed by atoms with van der Waals surface area (Å²) in [5, 5.41) is 0. The number of nitrogens with zero attached hydrogens (tertiary/aromatic N) is 2. The van der Waals surface area contributed by atoms with Crippen molar-refractivity contribution in [2.24, 2.45) is 0 Å². The van der Waals surface area contributed by atoms with E-state index in [0.29, 0.717) is 0 Å². The number of anilines is 3. The number of pyridine rings is 1. The third-order valence-electron chi connectivity index (χ3n) is 6.23. The molecule has 0 aliphatic carbocycles. The maximum Gasteiger partial charge on any atom is 0.246 e. The molecule has 0 bridgehead atoms. The number of para-hydroxylation sites is 2. The molecule has 1 aromatic heterocycles. The Morgan fingerprint density at radius 3 is 2.24 bits per heavy atom. The SMILES string of the molecule is Brc1cccc(B2c3ccccc3N(c3ccccc3)c3ccc(-c4ccccn4)cc32)c1. The van der Waals surface area contributed by atoms with E-state index in [2.05, 4.69) is 129 Å². The van der Waals surface area contributed by atoms with Crippen LogP contribution in [0.3, 0.4) is 0 Å². The van der Waals surface area contributed by atoms with Gasteiger partial charge in [-0.3, -0.25) is 4.98 Å². The van der Waals surface area contributed by atoms with Gasteiger partial charge in [-0.15, -0.1) is 0 Å². The summed E-state index contributed by atoms with van der Waals surface area (Å²) in [6.45, 7) is 0.123. The Morgan fingerprint density at radius 1 is 0.636 bits per heavy atom. The van der Waals surface area contributed by atoms with Gasteiger partial charge < -0.3 is 4.90 Å². The lowest BCUT2D eigenvalue weighted by Crippen LogP contribution is -2.57. The Labute approximate surface area is 202 Å². The summed E-state index contributed by atoms with van der Waals surface area (Å²) in [5.41, 5.74) is 9.52. The number of aromatic nitrogens is 1. The molecule has 2 heterocycles. The Balaban J connectivity index is 1.64. The van der Waals surface area contributed by atoms with Crippen molar-refractivity contribution >= 4 is 56.1 Å². The lowest BCUT2D eigenvalue weighted by Gasteiger charge is -2.37. The minimum Gasteiger partial charge on any atom is -0.312 e. The molecular weight excluding hydrogens is 467 g/mol. The molecule has 1 aliphatic rings. The Bertz CT molecular complexity index is 1440. The second kappa shape index (κ2) is 8.38. The fourth-order valence-corrected chi connectivity index (χ4v) is 5.23. The van der Waals surface area contributed by atoms with E-state index >= 15 is 0 Å². The monoisotopic (exact) mass is 486 g/mol. The van der Waals surface area contributed by atoms with E-state index in [9.17, 15) is 0 Å². The van der Waals surface area contributed by atoms with Gasteiger partial charge in [-0.05, 0) is 59.0 Å². The molecule has 0 radical (unpaired) electrons. The number of halogens is 1. The zero-order valence-corrected chi connectivity index (χ0v) is 19.5. The van der Waals surface area contributed by atoms with Gasteiger partial charge in [0, 0.05) is 27.7 Å². The molecule has 6 rings (SSSR count). The first-order chi connectivity index (χ1) is 16.3. The first kappa shape index (κ1) is 20.0. The van der Waals surface area contributed by atoms with Crippen LogP contribution in [-0.2, 0) is 0 Å². The highest BCUT2D eigenvalue weighted by Gasteiger charge is 2.35. The van der Waals surface area contributed by atoms with Gasteiger partial charge in [-0.2, -0.15) is 0 Å². The highest BCUT2D eigenvalue weighted by molar-refractivity contribution is 9.10. The average molecular weight is 487 g/mol. The summed E-state index contributed by atoms with van der Waals surface area (Å²) >= 11 is 3.69. The molecule has 5 aromatic rings. The number of fused-ring (bicyclic) bond motifs is 2. The van der Waals surface area contributed by atoms with Gasteiger partial charge >= 0.3 is 0 Å². The van der Waals surface area contributed by atoms with Crippen molar-refractivity contribution in [2.45, 2.75) is 0 Å². The van der Waals surface area contributed by atoms with Crippen LogP contribution in [0.4, 0.5) is 17.1 Å². The molecule has 0 N–H and O–H groups in total. The fraction of sp³-hybridized carbons (Fsp3) is 0. The minimum absolute atomic E-state index is 0.123. The summed E-state index contributed by atoms with van der Waals surface area (Å²) in [6, 6.07) is 40.8. The van der Waals surface area contributed by atoms with Crippen LogP contribution < -0.4 is 21.3 Å². The summed E-state index contributed by atoms with van der Waals surface area (Å²) in [5.74, 6) is 0. The van der Waals surface area contributed by atoms with E-state index in [1.54, 1.807) is 0 Å². The molecule has 0 saturated heterocycles. The van der Waals surface area contributed by atoms with Gasteiger partial charge in [-0.25, -0.2) is 0 Å². The van der Waals surface area contributed by atoms with Crippen molar-refractivity contribution in [3.8, 4) is 11.3 Å². The first-order valence-corrected chi connectivity index (χ1v) is 11.8. The maximum absolute atomic E-state index is 4.61. The van der Waals surface area contributed by atoms with Gasteiger partial charge in [0.2, 0.25) is 6.71 Å². The van der Waals surface area contributed by atoms with Gasteiger partial charge in [-0.1, -0.05) is 94.2 Å². The Morgan fingerprint density at radius 2 is 1.42 bits per heavy atom. The maximum atomic E-state index is 4.61. The lowest BCUT2D eigenvalue weighted by molar-refractivity contribution is 1.29. The quantitative estimate of drug-likeness (QED) is 0.293. The minimum atomic E-state index is 0.123. The number of hydrogen-bond donors (Lipinski definition) is 0. The normalized spacial score (nSPS) is 12.3. The molecule has 4 heteroatoms. The molecule has 0 unspecified atom stereocenters. The second-order valence-corrected chi connectivity index (χ2v) is 9.12. The molecule has 0 spiro atoms. The third-order valence-corrected chi connectivity index (χ3v) is 6.72. The molecule has 0 amide bonds. The molecule has 2 nitrogen and oxygen atoms in total. The van der Waals surface area contributed by atoms with Crippen LogP contribution in [0.15, 0.2) is 126 Å². The summed E-state index contributed by atoms with van der Waals surface area (Å²) in [7, 11) is 0. The van der Waals surface area contributed by atoms with E-state index < -0.39 is 0 Å². The van der Waals surface area contributed by atoms with E-state index in [-0.39, 0.29) is 6.71 Å². The van der Waals surface area contributed by atoms with Crippen LogP contribution in [0, 0.1) is 0 Å². The highest BCUT2D eigenvalue weighted by Crippen LogP contribution is 2.36. The Kier molecular flexibility index (Phi) is 5.08. The van der Waals surface area contributed by atoms with Gasteiger partial charge in [0.25, 0.3) is 0 Å². The van der Waals surface area contributed by atoms with Crippen molar-refractivity contribution in [1.82, 2.24) is 4.98 Å². The number of benzene rings is 4. The van der Waals surface area contributed by atoms with Crippen LogP contribution in [0.25, 0.3) is 11.3 Å². The van der Waals surface area contributed by atoms with Crippen LogP contribution >= 0.6 is 15.9 Å². The van der Waals surface area contributed by atoms with E-state index in [0.717, 1.165) is 21.4 Å². The van der Waals surface area contributed by atoms with E-state index in [4.69, 9.17) is 0 Å². The number of hydrogen-bond acceptors (Lipinski definition) is 2. The summed E-state index contributed by atoms with van der Waals surface area (Å²) in [4.78, 5) is 6.99. The molecular formula is C29H20BBrN2. The van der Waals surface area contributed by atoms with E-state index in [1.165, 1.54) is 27.8 Å². The van der Waals surface area contributed by atoms with Crippen molar-refractivity contribution in [2.75, 3.05) is 4.90 Å². The fourth-order valence-electron chi connectivity index (χ4n) is 4.82. The predicted octanol–water partition coefficient (Wildman–Crippen LogP) is 5.81. The van der Waals surface area contributed by atoms with E-state index in [1.807, 2.05) is 18.3 Å². The zero-order valence-electron chi connectivity index (χ0n) is 17.9. The summed E-state index contributed by atoms with van der Waals surface area (Å²) < 4.78 is 1.09. The second-order valence-electron chi connectivity index (χ2n) is 8.21. The predicted molar refractivity (Wildman–Crippen MR) is 143 cm³/mol. The van der Waals surface area contributed by atoms with Gasteiger partial charge in [0.15, 0.2) is 0 Å². The Hall–Kier alpha value is -3.63. The summed E-state index contributed by atoms with van der Waals surface area (Å²) in [6.07, 6.45) is 1.85. The van der Waals surface area contributed by atoms with Crippen molar-refractivity contribution in [3.05, 3.63) is 126 Å². The molecule has 4 aromatic carbocycles. The molecule has 0 saturated carbocycles. The van der Waals surface area contributed by atoms with Crippen molar-refractivity contribution in [3.63, 3.8) is 0 Å². The van der Waals surface area contributed by atoms with Gasteiger partial charge in [0.1, 0.15) is 0 Å². The van der Waals surface area contributed by atoms with Crippen molar-refractivity contribution in [1.29, 1.82) is 0 Å². The van der Waals surface area contributed by atoms with Crippen LogP contribution in [0.2, 0.25) is 0 Å². The number of rotatable bonds is 3. The standard InChI is InChI=1S/C29H20BBrN2/c31-23-10-8-9-22(20-23)30-25-13-4-5-15-28(25)33(24-11-2-1-3-12-24)29-17-16-21(19-26(29)30)27-14-6-7-18-32-27/h1-20H. The third kappa shape index (κ3) is 3.57. The first-order valence-electron chi connectivity index (χ1n) is 11.0. The lowest BCUT2D eigenvalue weighted by atomic mass is 9.35. The van der Waals surface area contributed by atoms with Gasteiger partial charge in [0.05, 0.1) is 5.69 Å². The zero-order chi connectivity index (χ0) is 22.2. The van der Waals surface area contributed by atoms with Crippen LogP contribution in [-0.4, -0.2) is 11.7 Å². The molecule has 156 valence electrons.